The number of benzene rings is 2. The zero-order chi connectivity index (χ0) is 25.8. The minimum Gasteiger partial charge on any atom is -0.491 e. The molecule has 1 saturated carbocycles. The Morgan fingerprint density at radius 1 is 1.11 bits per heavy atom. The smallest absolute Gasteiger partial charge is 0.328 e. The zero-order valence-electron chi connectivity index (χ0n) is 22.1. The molecule has 2 aliphatic heterocycles. The van der Waals surface area contributed by atoms with Crippen molar-refractivity contribution in [3.8, 4) is 5.75 Å². The molecular weight excluding hydrogens is 467 g/mol. The number of rotatable bonds is 7. The molecule has 1 spiro atoms. The van der Waals surface area contributed by atoms with Gasteiger partial charge in [-0.3, -0.25) is 20.1 Å². The Morgan fingerprint density at radius 2 is 1.86 bits per heavy atom. The Labute approximate surface area is 219 Å². The standard InChI is InChI=1S/C30H39FN4O2/c1-3-22(2)37-27-14-7-9-23(19-27)21-34-17-15-30(16-18-34)28(32-25-11-5-4-6-12-25)33-29(36)35(30)26-13-8-10-24(31)20-26/h7-10,13-14,19-20,22,25H,3-6,11-12,15-18,21H2,1-2H3,(H,32,33,36). The molecule has 1 N–H and O–H groups in total. The molecule has 0 bridgehead atoms. The maximum absolute atomic E-state index is 14.2. The van der Waals surface area contributed by atoms with Crippen molar-refractivity contribution < 1.29 is 13.9 Å². The second kappa shape index (κ2) is 11.2. The number of hydrogen-bond acceptors (Lipinski definition) is 4. The molecule has 0 aromatic heterocycles. The van der Waals surface area contributed by atoms with E-state index in [1.54, 1.807) is 11.0 Å². The van der Waals surface area contributed by atoms with Gasteiger partial charge in [-0.25, -0.2) is 9.18 Å². The molecule has 3 fully saturated rings. The monoisotopic (exact) mass is 506 g/mol. The van der Waals surface area contributed by atoms with Crippen molar-refractivity contribution in [2.24, 2.45) is 4.99 Å². The summed E-state index contributed by atoms with van der Waals surface area (Å²) in [5, 5.41) is 3.10. The fourth-order valence-electron chi connectivity index (χ4n) is 5.93. The van der Waals surface area contributed by atoms with Crippen LogP contribution in [0.2, 0.25) is 0 Å². The van der Waals surface area contributed by atoms with E-state index in [4.69, 9.17) is 9.73 Å². The van der Waals surface area contributed by atoms with Crippen LogP contribution in [0, 0.1) is 5.82 Å². The minimum absolute atomic E-state index is 0.188. The fourth-order valence-corrected chi connectivity index (χ4v) is 5.93. The Bertz CT molecular complexity index is 1120. The van der Waals surface area contributed by atoms with Crippen LogP contribution in [0.25, 0.3) is 0 Å². The molecule has 2 amide bonds. The van der Waals surface area contributed by atoms with E-state index in [1.807, 2.05) is 12.1 Å². The predicted molar refractivity (Wildman–Crippen MR) is 146 cm³/mol. The third-order valence-electron chi connectivity index (χ3n) is 8.15. The van der Waals surface area contributed by atoms with Gasteiger partial charge in [0, 0.05) is 25.3 Å². The van der Waals surface area contributed by atoms with Gasteiger partial charge in [-0.15, -0.1) is 0 Å². The number of amidine groups is 1. The molecule has 1 atom stereocenters. The predicted octanol–water partition coefficient (Wildman–Crippen LogP) is 6.30. The maximum Gasteiger partial charge on any atom is 0.328 e. The van der Waals surface area contributed by atoms with Crippen LogP contribution in [-0.4, -0.2) is 47.5 Å². The van der Waals surface area contributed by atoms with E-state index in [2.05, 4.69) is 42.3 Å². The van der Waals surface area contributed by atoms with Crippen LogP contribution >= 0.6 is 0 Å². The molecule has 2 aromatic carbocycles. The number of hydrogen-bond donors (Lipinski definition) is 1. The number of amides is 2. The summed E-state index contributed by atoms with van der Waals surface area (Å²) >= 11 is 0. The quantitative estimate of drug-likeness (QED) is 0.480. The van der Waals surface area contributed by atoms with Gasteiger partial charge < -0.3 is 4.74 Å². The number of anilines is 1. The Hall–Kier alpha value is -2.93. The maximum atomic E-state index is 14.2. The lowest BCUT2D eigenvalue weighted by atomic mass is 9.84. The van der Waals surface area contributed by atoms with Crippen molar-refractivity contribution in [2.45, 2.75) is 89.4 Å². The topological polar surface area (TPSA) is 57.2 Å². The van der Waals surface area contributed by atoms with Gasteiger partial charge in [0.2, 0.25) is 0 Å². The number of halogens is 1. The summed E-state index contributed by atoms with van der Waals surface area (Å²) in [7, 11) is 0. The molecule has 198 valence electrons. The first-order valence-corrected chi connectivity index (χ1v) is 13.9. The van der Waals surface area contributed by atoms with Gasteiger partial charge in [0.15, 0.2) is 0 Å². The average molecular weight is 507 g/mol. The summed E-state index contributed by atoms with van der Waals surface area (Å²) < 4.78 is 20.2. The molecule has 3 aliphatic rings. The molecule has 2 heterocycles. The second-order valence-electron chi connectivity index (χ2n) is 10.8. The summed E-state index contributed by atoms with van der Waals surface area (Å²) in [5.41, 5.74) is 1.24. The van der Waals surface area contributed by atoms with Gasteiger partial charge in [-0.05, 0) is 74.9 Å². The minimum atomic E-state index is -0.569. The molecule has 1 aliphatic carbocycles. The fraction of sp³-hybridized carbons (Fsp3) is 0.533. The zero-order valence-corrected chi connectivity index (χ0v) is 22.1. The van der Waals surface area contributed by atoms with Crippen molar-refractivity contribution in [1.29, 1.82) is 0 Å². The highest BCUT2D eigenvalue weighted by Gasteiger charge is 2.53. The van der Waals surface area contributed by atoms with E-state index in [9.17, 15) is 9.18 Å². The third-order valence-corrected chi connectivity index (χ3v) is 8.15. The summed E-state index contributed by atoms with van der Waals surface area (Å²) in [4.78, 5) is 22.7. The van der Waals surface area contributed by atoms with Gasteiger partial charge >= 0.3 is 6.03 Å². The van der Waals surface area contributed by atoms with Crippen LogP contribution in [0.1, 0.15) is 70.8 Å². The lowest BCUT2D eigenvalue weighted by Crippen LogP contribution is -2.57. The molecular formula is C30H39FN4O2. The molecule has 6 nitrogen and oxygen atoms in total. The summed E-state index contributed by atoms with van der Waals surface area (Å²) in [6.07, 6.45) is 8.41. The van der Waals surface area contributed by atoms with Gasteiger partial charge in [0.05, 0.1) is 12.1 Å². The van der Waals surface area contributed by atoms with E-state index in [-0.39, 0.29) is 24.0 Å². The highest BCUT2D eigenvalue weighted by atomic mass is 19.1. The number of ether oxygens (including phenoxy) is 1. The van der Waals surface area contributed by atoms with Crippen molar-refractivity contribution in [3.63, 3.8) is 0 Å². The number of likely N-dealkylation sites (tertiary alicyclic amines) is 1. The molecule has 1 unspecified atom stereocenters. The lowest BCUT2D eigenvalue weighted by molar-refractivity contribution is 0.183. The number of urea groups is 1. The number of piperidine rings is 1. The van der Waals surface area contributed by atoms with Crippen molar-refractivity contribution in [1.82, 2.24) is 10.2 Å². The van der Waals surface area contributed by atoms with Gasteiger partial charge in [0.1, 0.15) is 22.9 Å². The average Bonchev–Trinajstić information content (AvgIpc) is 3.16. The molecule has 5 rings (SSSR count). The first-order valence-electron chi connectivity index (χ1n) is 13.9. The summed E-state index contributed by atoms with van der Waals surface area (Å²) in [5.74, 6) is 1.34. The molecule has 7 heteroatoms. The van der Waals surface area contributed by atoms with Crippen LogP contribution in [-0.2, 0) is 6.54 Å². The normalized spacial score (nSPS) is 22.4. The molecule has 2 aromatic rings. The number of aliphatic imine (C=N–C) groups is 1. The highest BCUT2D eigenvalue weighted by molar-refractivity contribution is 6.19. The van der Waals surface area contributed by atoms with Crippen LogP contribution < -0.4 is 15.0 Å². The van der Waals surface area contributed by atoms with Crippen LogP contribution in [0.5, 0.6) is 5.75 Å². The van der Waals surface area contributed by atoms with Crippen LogP contribution in [0.3, 0.4) is 0 Å². The third kappa shape index (κ3) is 5.66. The highest BCUT2D eigenvalue weighted by Crippen LogP contribution is 2.39. The number of carbonyl (C=O) groups excluding carboxylic acids is 1. The first kappa shape index (κ1) is 25.7. The van der Waals surface area contributed by atoms with E-state index < -0.39 is 5.54 Å². The Balaban J connectivity index is 1.37. The Morgan fingerprint density at radius 3 is 2.59 bits per heavy atom. The van der Waals surface area contributed by atoms with Gasteiger partial charge in [0.25, 0.3) is 0 Å². The largest absolute Gasteiger partial charge is 0.491 e. The lowest BCUT2D eigenvalue weighted by Gasteiger charge is -2.44. The Kier molecular flexibility index (Phi) is 7.79. The van der Waals surface area contributed by atoms with Crippen LogP contribution in [0.15, 0.2) is 53.5 Å². The van der Waals surface area contributed by atoms with E-state index in [0.717, 1.165) is 63.3 Å². The number of nitrogens with zero attached hydrogens (tertiary/aromatic N) is 3. The first-order chi connectivity index (χ1) is 18.0. The van der Waals surface area contributed by atoms with Gasteiger partial charge in [-0.2, -0.15) is 0 Å². The SMILES string of the molecule is CCC(C)Oc1cccc(CN2CCC3(CC2)C(=NC2CCCCC2)NC(=O)N3c2cccc(F)c2)c1. The molecule has 2 saturated heterocycles. The van der Waals surface area contributed by atoms with E-state index in [0.29, 0.717) is 5.69 Å². The summed E-state index contributed by atoms with van der Waals surface area (Å²) in [6, 6.07) is 14.8. The molecule has 0 radical (unpaired) electrons. The number of carbonyl (C=O) groups is 1. The van der Waals surface area contributed by atoms with Crippen molar-refractivity contribution in [2.75, 3.05) is 18.0 Å². The number of nitrogens with one attached hydrogen (secondary N) is 1. The van der Waals surface area contributed by atoms with E-state index >= 15 is 0 Å². The van der Waals surface area contributed by atoms with Crippen molar-refractivity contribution >= 4 is 17.6 Å². The summed E-state index contributed by atoms with van der Waals surface area (Å²) in [6.45, 7) is 6.68. The van der Waals surface area contributed by atoms with Crippen molar-refractivity contribution in [3.05, 3.63) is 59.9 Å². The second-order valence-corrected chi connectivity index (χ2v) is 10.8. The molecule has 37 heavy (non-hydrogen) atoms. The van der Waals surface area contributed by atoms with E-state index in [1.165, 1.54) is 37.0 Å². The van der Waals surface area contributed by atoms with Crippen LogP contribution in [0.4, 0.5) is 14.9 Å². The van der Waals surface area contributed by atoms with Gasteiger partial charge in [-0.1, -0.05) is 44.4 Å².